The van der Waals surface area contributed by atoms with Crippen molar-refractivity contribution in [3.63, 3.8) is 0 Å². The maximum atomic E-state index is 12.7. The molecule has 0 saturated heterocycles. The summed E-state index contributed by atoms with van der Waals surface area (Å²) in [5.41, 5.74) is 3.81. The molecule has 0 aliphatic heterocycles. The summed E-state index contributed by atoms with van der Waals surface area (Å²) in [5, 5.41) is 3.47. The highest BCUT2D eigenvalue weighted by atomic mass is 32.1. The van der Waals surface area contributed by atoms with E-state index in [1.807, 2.05) is 12.1 Å². The fourth-order valence-electron chi connectivity index (χ4n) is 3.04. The molecule has 25 heavy (non-hydrogen) atoms. The Morgan fingerprint density at radius 3 is 2.76 bits per heavy atom. The summed E-state index contributed by atoms with van der Waals surface area (Å²) in [4.78, 5) is 18.4. The van der Waals surface area contributed by atoms with Crippen LogP contribution in [0, 0.1) is 0 Å². The van der Waals surface area contributed by atoms with Crippen LogP contribution in [0.2, 0.25) is 0 Å². The molecule has 126 valence electrons. The Labute approximate surface area is 149 Å². The number of ether oxygens (including phenoxy) is 2. The van der Waals surface area contributed by atoms with Crippen molar-refractivity contribution in [1.29, 1.82) is 0 Å². The van der Waals surface area contributed by atoms with Crippen LogP contribution in [-0.4, -0.2) is 25.1 Å². The van der Waals surface area contributed by atoms with Gasteiger partial charge in [-0.25, -0.2) is 4.98 Å². The lowest BCUT2D eigenvalue weighted by atomic mass is 10.1. The average molecular weight is 352 g/mol. The Hall–Kier alpha value is -2.86. The van der Waals surface area contributed by atoms with Crippen molar-refractivity contribution in [2.45, 2.75) is 6.42 Å². The number of amides is 1. The largest absolute Gasteiger partial charge is 0.493 e. The van der Waals surface area contributed by atoms with Gasteiger partial charge in [-0.1, -0.05) is 30.3 Å². The second kappa shape index (κ2) is 6.22. The number of benzene rings is 2. The normalized spacial score (nSPS) is 11.6. The highest BCUT2D eigenvalue weighted by Crippen LogP contribution is 2.41. The van der Waals surface area contributed by atoms with Crippen molar-refractivity contribution < 1.29 is 14.3 Å². The molecule has 2 aromatic carbocycles. The van der Waals surface area contributed by atoms with E-state index in [-0.39, 0.29) is 5.91 Å². The summed E-state index contributed by atoms with van der Waals surface area (Å²) in [7, 11) is 3.06. The predicted octanol–water partition coefficient (Wildman–Crippen LogP) is 3.98. The molecular weight excluding hydrogens is 336 g/mol. The van der Waals surface area contributed by atoms with Crippen LogP contribution in [-0.2, 0) is 6.42 Å². The molecule has 0 saturated carbocycles. The van der Waals surface area contributed by atoms with Crippen molar-refractivity contribution in [1.82, 2.24) is 4.98 Å². The van der Waals surface area contributed by atoms with E-state index in [1.165, 1.54) is 28.9 Å². The zero-order valence-corrected chi connectivity index (χ0v) is 14.6. The first-order chi connectivity index (χ1) is 12.2. The van der Waals surface area contributed by atoms with Crippen molar-refractivity contribution in [2.75, 3.05) is 19.5 Å². The molecule has 0 atom stereocenters. The molecule has 1 heterocycles. The molecule has 3 aromatic rings. The van der Waals surface area contributed by atoms with Gasteiger partial charge >= 0.3 is 0 Å². The van der Waals surface area contributed by atoms with Crippen molar-refractivity contribution in [3.05, 3.63) is 58.5 Å². The number of carbonyl (C=O) groups is 1. The SMILES string of the molecule is COc1cccc(C(=O)Nc2nc3c(s2)Cc2ccccc2-3)c1OC. The lowest BCUT2D eigenvalue weighted by molar-refractivity contribution is 0.102. The standard InChI is InChI=1S/C19H16N2O3S/c1-23-14-9-5-8-13(17(14)24-2)18(22)21-19-20-16-12-7-4-3-6-11(12)10-15(16)25-19/h3-9H,10H2,1-2H3,(H,20,21,22). The van der Waals surface area contributed by atoms with Crippen molar-refractivity contribution in [2.24, 2.45) is 0 Å². The number of para-hydroxylation sites is 1. The number of nitrogens with zero attached hydrogens (tertiary/aromatic N) is 1. The quantitative estimate of drug-likeness (QED) is 0.603. The Morgan fingerprint density at radius 2 is 1.96 bits per heavy atom. The van der Waals surface area contributed by atoms with Crippen LogP contribution in [0.15, 0.2) is 42.5 Å². The maximum Gasteiger partial charge on any atom is 0.261 e. The predicted molar refractivity (Wildman–Crippen MR) is 97.9 cm³/mol. The van der Waals surface area contributed by atoms with E-state index in [0.29, 0.717) is 22.2 Å². The number of hydrogen-bond donors (Lipinski definition) is 1. The molecule has 1 N–H and O–H groups in total. The van der Waals surface area contributed by atoms with Crippen LogP contribution in [0.25, 0.3) is 11.3 Å². The second-order valence-electron chi connectivity index (χ2n) is 5.62. The van der Waals surface area contributed by atoms with E-state index >= 15 is 0 Å². The molecule has 6 heteroatoms. The van der Waals surface area contributed by atoms with Gasteiger partial charge in [0.15, 0.2) is 16.6 Å². The summed E-state index contributed by atoms with van der Waals surface area (Å²) in [6, 6.07) is 13.4. The summed E-state index contributed by atoms with van der Waals surface area (Å²) >= 11 is 1.51. The number of hydrogen-bond acceptors (Lipinski definition) is 5. The third-order valence-corrected chi connectivity index (χ3v) is 5.16. The fourth-order valence-corrected chi connectivity index (χ4v) is 4.04. The number of carbonyl (C=O) groups excluding carboxylic acids is 1. The highest BCUT2D eigenvalue weighted by molar-refractivity contribution is 7.16. The lowest BCUT2D eigenvalue weighted by Crippen LogP contribution is -2.13. The monoisotopic (exact) mass is 352 g/mol. The molecule has 1 aliphatic carbocycles. The Bertz CT molecular complexity index is 965. The molecule has 1 amide bonds. The van der Waals surface area contributed by atoms with Gasteiger partial charge in [0.25, 0.3) is 5.91 Å². The zero-order chi connectivity index (χ0) is 17.4. The number of rotatable bonds is 4. The third-order valence-electron chi connectivity index (χ3n) is 4.19. The smallest absolute Gasteiger partial charge is 0.261 e. The molecule has 1 aliphatic rings. The van der Waals surface area contributed by atoms with Gasteiger partial charge in [0.2, 0.25) is 0 Å². The maximum absolute atomic E-state index is 12.7. The summed E-state index contributed by atoms with van der Waals surface area (Å²) < 4.78 is 10.6. The van der Waals surface area contributed by atoms with Crippen molar-refractivity contribution >= 4 is 22.4 Å². The van der Waals surface area contributed by atoms with Gasteiger partial charge in [-0.2, -0.15) is 0 Å². The zero-order valence-electron chi connectivity index (χ0n) is 13.8. The second-order valence-corrected chi connectivity index (χ2v) is 6.70. The van der Waals surface area contributed by atoms with Gasteiger partial charge in [0.05, 0.1) is 25.5 Å². The Balaban J connectivity index is 1.62. The van der Waals surface area contributed by atoms with E-state index < -0.39 is 0 Å². The molecule has 0 fully saturated rings. The first kappa shape index (κ1) is 15.7. The summed E-state index contributed by atoms with van der Waals surface area (Å²) in [6.45, 7) is 0. The minimum Gasteiger partial charge on any atom is -0.493 e. The number of methoxy groups -OCH3 is 2. The fraction of sp³-hybridized carbons (Fsp3) is 0.158. The van der Waals surface area contributed by atoms with Crippen LogP contribution in [0.4, 0.5) is 5.13 Å². The first-order valence-electron chi connectivity index (χ1n) is 7.81. The van der Waals surface area contributed by atoms with Crippen LogP contribution in [0.1, 0.15) is 20.8 Å². The van der Waals surface area contributed by atoms with Gasteiger partial charge in [-0.15, -0.1) is 11.3 Å². The molecule has 0 bridgehead atoms. The number of fused-ring (bicyclic) bond motifs is 3. The number of aromatic nitrogens is 1. The minimum atomic E-state index is -0.267. The molecule has 0 spiro atoms. The number of nitrogens with one attached hydrogen (secondary N) is 1. The van der Waals surface area contributed by atoms with Crippen molar-refractivity contribution in [3.8, 4) is 22.8 Å². The molecule has 0 radical (unpaired) electrons. The third kappa shape index (κ3) is 2.64. The number of thiazole rings is 1. The summed E-state index contributed by atoms with van der Waals surface area (Å²) in [5.74, 6) is 0.666. The first-order valence-corrected chi connectivity index (χ1v) is 8.63. The molecular formula is C19H16N2O3S. The van der Waals surface area contributed by atoms with E-state index in [9.17, 15) is 4.79 Å². The van der Waals surface area contributed by atoms with Crippen LogP contribution in [0.5, 0.6) is 11.5 Å². The van der Waals surface area contributed by atoms with Gasteiger partial charge in [-0.05, 0) is 17.7 Å². The topological polar surface area (TPSA) is 60.5 Å². The lowest BCUT2D eigenvalue weighted by Gasteiger charge is -2.11. The molecule has 1 aromatic heterocycles. The van der Waals surface area contributed by atoms with E-state index in [1.54, 1.807) is 25.3 Å². The van der Waals surface area contributed by atoms with Gasteiger partial charge < -0.3 is 9.47 Å². The van der Waals surface area contributed by atoms with E-state index in [2.05, 4.69) is 22.4 Å². The Kier molecular flexibility index (Phi) is 3.89. The van der Waals surface area contributed by atoms with Crippen LogP contribution in [0.3, 0.4) is 0 Å². The van der Waals surface area contributed by atoms with Crippen LogP contribution >= 0.6 is 11.3 Å². The van der Waals surface area contributed by atoms with Gasteiger partial charge in [-0.3, -0.25) is 10.1 Å². The average Bonchev–Trinajstić information content (AvgIpc) is 3.17. The van der Waals surface area contributed by atoms with Crippen LogP contribution < -0.4 is 14.8 Å². The summed E-state index contributed by atoms with van der Waals surface area (Å²) in [6.07, 6.45) is 0.863. The number of anilines is 1. The molecule has 5 nitrogen and oxygen atoms in total. The van der Waals surface area contributed by atoms with Gasteiger partial charge in [0, 0.05) is 16.9 Å². The van der Waals surface area contributed by atoms with E-state index in [4.69, 9.17) is 9.47 Å². The molecule has 4 rings (SSSR count). The highest BCUT2D eigenvalue weighted by Gasteiger charge is 2.24. The Morgan fingerprint density at radius 1 is 1.12 bits per heavy atom. The van der Waals surface area contributed by atoms with Gasteiger partial charge in [0.1, 0.15) is 0 Å². The van der Waals surface area contributed by atoms with E-state index in [0.717, 1.165) is 17.7 Å². The molecule has 0 unspecified atom stereocenters. The minimum absolute atomic E-state index is 0.267.